The second-order valence-electron chi connectivity index (χ2n) is 11.9. The lowest BCUT2D eigenvalue weighted by Crippen LogP contribution is -2.61. The van der Waals surface area contributed by atoms with E-state index in [0.29, 0.717) is 24.4 Å². The van der Waals surface area contributed by atoms with E-state index in [0.717, 1.165) is 50.1 Å². The van der Waals surface area contributed by atoms with Gasteiger partial charge in [0.25, 0.3) is 0 Å². The fraction of sp³-hybridized carbons (Fsp3) is 0.607. The summed E-state index contributed by atoms with van der Waals surface area (Å²) in [5.41, 5.74) is 0.251. The molecule has 0 N–H and O–H groups in total. The van der Waals surface area contributed by atoms with Gasteiger partial charge in [-0.3, -0.25) is 9.59 Å². The number of rotatable bonds is 6. The molecular formula is C28H35N3O4. The van der Waals surface area contributed by atoms with Crippen LogP contribution < -0.4 is 4.74 Å². The van der Waals surface area contributed by atoms with Crippen molar-refractivity contribution in [3.05, 3.63) is 43.0 Å². The number of likely N-dealkylation sites (tertiary alicyclic amines) is 1. The number of hydrogen-bond donors (Lipinski definition) is 0. The van der Waals surface area contributed by atoms with Crippen molar-refractivity contribution in [1.29, 1.82) is 0 Å². The zero-order valence-electron chi connectivity index (χ0n) is 20.9. The molecule has 4 saturated carbocycles. The molecule has 1 saturated heterocycles. The molecule has 0 spiro atoms. The van der Waals surface area contributed by atoms with Gasteiger partial charge in [-0.05, 0) is 74.1 Å². The first-order valence-corrected chi connectivity index (χ1v) is 12.9. The monoisotopic (exact) mass is 477 g/mol. The number of carbonyl (C=O) groups is 2. The van der Waals surface area contributed by atoms with Gasteiger partial charge in [0.1, 0.15) is 5.75 Å². The van der Waals surface area contributed by atoms with E-state index in [2.05, 4.69) is 23.7 Å². The fourth-order valence-electron chi connectivity index (χ4n) is 7.91. The van der Waals surface area contributed by atoms with Gasteiger partial charge in [-0.25, -0.2) is 4.98 Å². The summed E-state index contributed by atoms with van der Waals surface area (Å²) in [7, 11) is 1.51. The van der Waals surface area contributed by atoms with Crippen LogP contribution in [0.2, 0.25) is 0 Å². The van der Waals surface area contributed by atoms with E-state index in [9.17, 15) is 9.59 Å². The molecular weight excluding hydrogens is 442 g/mol. The van der Waals surface area contributed by atoms with Crippen LogP contribution in [0.3, 0.4) is 0 Å². The van der Waals surface area contributed by atoms with E-state index in [4.69, 9.17) is 9.47 Å². The number of aromatic nitrogens is 2. The highest BCUT2D eigenvalue weighted by molar-refractivity contribution is 5.85. The van der Waals surface area contributed by atoms with Crippen molar-refractivity contribution in [2.45, 2.75) is 52.0 Å². The van der Waals surface area contributed by atoms with Crippen LogP contribution in [0.25, 0.3) is 5.69 Å². The zero-order chi connectivity index (χ0) is 24.4. The molecule has 1 amide bonds. The lowest BCUT2D eigenvalue weighted by Gasteiger charge is -2.60. The van der Waals surface area contributed by atoms with Crippen LogP contribution in [0.4, 0.5) is 0 Å². The number of methoxy groups -OCH3 is 1. The summed E-state index contributed by atoms with van der Waals surface area (Å²) in [4.78, 5) is 32.7. The van der Waals surface area contributed by atoms with E-state index < -0.39 is 5.41 Å². The second kappa shape index (κ2) is 8.10. The highest BCUT2D eigenvalue weighted by Gasteiger charge is 2.62. The fourth-order valence-corrected chi connectivity index (χ4v) is 7.91. The van der Waals surface area contributed by atoms with E-state index >= 15 is 0 Å². The van der Waals surface area contributed by atoms with Gasteiger partial charge in [-0.15, -0.1) is 0 Å². The highest BCUT2D eigenvalue weighted by atomic mass is 16.5. The van der Waals surface area contributed by atoms with E-state index in [1.165, 1.54) is 7.11 Å². The average Bonchev–Trinajstić information content (AvgIpc) is 3.45. The van der Waals surface area contributed by atoms with Gasteiger partial charge in [0.2, 0.25) is 5.91 Å². The van der Waals surface area contributed by atoms with Gasteiger partial charge in [-0.2, -0.15) is 0 Å². The van der Waals surface area contributed by atoms with Crippen molar-refractivity contribution in [3.8, 4) is 11.4 Å². The normalized spacial score (nSPS) is 34.9. The van der Waals surface area contributed by atoms with Gasteiger partial charge >= 0.3 is 5.97 Å². The van der Waals surface area contributed by atoms with Gasteiger partial charge in [-0.1, -0.05) is 13.8 Å². The summed E-state index contributed by atoms with van der Waals surface area (Å²) >= 11 is 0. The van der Waals surface area contributed by atoms with Crippen molar-refractivity contribution >= 4 is 11.9 Å². The Hall–Kier alpha value is -2.83. The van der Waals surface area contributed by atoms with Crippen molar-refractivity contribution in [2.75, 3.05) is 20.3 Å². The third-order valence-corrected chi connectivity index (χ3v) is 9.54. The number of carbonyl (C=O) groups excluding carboxylic acids is 2. The van der Waals surface area contributed by atoms with Crippen LogP contribution in [0, 0.1) is 34.5 Å². The number of amides is 1. The maximum absolute atomic E-state index is 13.7. The van der Waals surface area contributed by atoms with Crippen LogP contribution in [-0.2, 0) is 14.3 Å². The largest absolute Gasteiger partial charge is 0.493 e. The van der Waals surface area contributed by atoms with E-state index in [1.54, 1.807) is 12.5 Å². The minimum Gasteiger partial charge on any atom is -0.493 e. The summed E-state index contributed by atoms with van der Waals surface area (Å²) in [5, 5.41) is 0. The molecule has 3 unspecified atom stereocenters. The summed E-state index contributed by atoms with van der Waals surface area (Å²) in [6.45, 7) is 5.37. The molecule has 7 rings (SSSR count). The minimum absolute atomic E-state index is 0.0336. The van der Waals surface area contributed by atoms with Crippen LogP contribution >= 0.6 is 0 Å². The Labute approximate surface area is 206 Å². The van der Waals surface area contributed by atoms with Crippen LogP contribution in [0.1, 0.15) is 46.0 Å². The SMILES string of the molecule is COC(=O)C12CC3CC(C1)C(N1CC(COc4ccc(-n5ccnc5)cc4)C(C)(C)C1=O)C(C3)C2. The lowest BCUT2D eigenvalue weighted by atomic mass is 9.47. The summed E-state index contributed by atoms with van der Waals surface area (Å²) < 4.78 is 13.4. The molecule has 1 aromatic heterocycles. The molecule has 35 heavy (non-hydrogen) atoms. The van der Waals surface area contributed by atoms with Crippen LogP contribution in [0.15, 0.2) is 43.0 Å². The standard InChI is InChI=1S/C28H35N3O4/c1-27(2)21(16-35-23-6-4-22(5-7-23)30-9-8-29-17-30)15-31(25(27)32)24-19-10-18-11-20(24)14-28(12-18,13-19)26(33)34-3/h4-9,17-21,24H,10-16H2,1-3H3. The quantitative estimate of drug-likeness (QED) is 0.586. The Kier molecular flexibility index (Phi) is 5.24. The molecule has 2 heterocycles. The minimum atomic E-state index is -0.467. The molecule has 5 fully saturated rings. The number of ether oxygens (including phenoxy) is 2. The number of benzene rings is 1. The van der Waals surface area contributed by atoms with Crippen LogP contribution in [-0.4, -0.2) is 52.6 Å². The first-order chi connectivity index (χ1) is 16.8. The predicted octanol–water partition coefficient (Wildman–Crippen LogP) is 4.10. The van der Waals surface area contributed by atoms with Gasteiger partial charge in [0.15, 0.2) is 0 Å². The molecule has 4 bridgehead atoms. The number of imidazole rings is 1. The number of nitrogens with zero attached hydrogens (tertiary/aromatic N) is 3. The first kappa shape index (κ1) is 22.6. The maximum atomic E-state index is 13.7. The maximum Gasteiger partial charge on any atom is 0.311 e. The predicted molar refractivity (Wildman–Crippen MR) is 130 cm³/mol. The Bertz CT molecular complexity index is 1090. The third-order valence-electron chi connectivity index (χ3n) is 9.54. The Morgan fingerprint density at radius 3 is 2.46 bits per heavy atom. The van der Waals surface area contributed by atoms with Gasteiger partial charge < -0.3 is 18.9 Å². The molecule has 1 aromatic carbocycles. The van der Waals surface area contributed by atoms with Gasteiger partial charge in [0, 0.05) is 36.6 Å². The Morgan fingerprint density at radius 1 is 1.11 bits per heavy atom. The van der Waals surface area contributed by atoms with E-state index in [1.807, 2.05) is 35.0 Å². The molecule has 5 aliphatic rings. The summed E-state index contributed by atoms with van der Waals surface area (Å²) in [6, 6.07) is 8.22. The Balaban J connectivity index is 1.15. The summed E-state index contributed by atoms with van der Waals surface area (Å²) in [5.74, 6) is 2.53. The molecule has 7 nitrogen and oxygen atoms in total. The third kappa shape index (κ3) is 3.57. The smallest absolute Gasteiger partial charge is 0.311 e. The zero-order valence-corrected chi connectivity index (χ0v) is 20.9. The molecule has 2 aromatic rings. The van der Waals surface area contributed by atoms with Crippen molar-refractivity contribution in [1.82, 2.24) is 14.5 Å². The number of esters is 1. The molecule has 4 aliphatic carbocycles. The van der Waals surface area contributed by atoms with Crippen molar-refractivity contribution in [2.24, 2.45) is 34.5 Å². The molecule has 186 valence electrons. The lowest BCUT2D eigenvalue weighted by molar-refractivity contribution is -0.177. The van der Waals surface area contributed by atoms with Crippen molar-refractivity contribution in [3.63, 3.8) is 0 Å². The first-order valence-electron chi connectivity index (χ1n) is 12.9. The molecule has 3 atom stereocenters. The highest BCUT2D eigenvalue weighted by Crippen LogP contribution is 2.62. The Morgan fingerprint density at radius 2 is 1.83 bits per heavy atom. The average molecular weight is 478 g/mol. The molecule has 1 aliphatic heterocycles. The molecule has 7 heteroatoms. The van der Waals surface area contributed by atoms with E-state index in [-0.39, 0.29) is 29.3 Å². The number of hydrogen-bond acceptors (Lipinski definition) is 5. The van der Waals surface area contributed by atoms with Crippen molar-refractivity contribution < 1.29 is 19.1 Å². The van der Waals surface area contributed by atoms with Crippen LogP contribution in [0.5, 0.6) is 5.75 Å². The summed E-state index contributed by atoms with van der Waals surface area (Å²) in [6.07, 6.45) is 10.4. The molecule has 0 radical (unpaired) electrons. The topological polar surface area (TPSA) is 73.7 Å². The van der Waals surface area contributed by atoms with Gasteiger partial charge in [0.05, 0.1) is 30.9 Å². The second-order valence-corrected chi connectivity index (χ2v) is 11.9.